The van der Waals surface area contributed by atoms with Crippen LogP contribution >= 0.6 is 0 Å². The first-order chi connectivity index (χ1) is 9.01. The minimum atomic E-state index is -0.597. The van der Waals surface area contributed by atoms with Gasteiger partial charge in [0.2, 0.25) is 0 Å². The van der Waals surface area contributed by atoms with E-state index in [9.17, 15) is 14.4 Å². The van der Waals surface area contributed by atoms with Gasteiger partial charge in [-0.2, -0.15) is 0 Å². The lowest BCUT2D eigenvalue weighted by Gasteiger charge is -2.02. The fourth-order valence-corrected chi connectivity index (χ4v) is 1.47. The Kier molecular flexibility index (Phi) is 3.29. The van der Waals surface area contributed by atoms with Crippen LogP contribution in [0.15, 0.2) is 26.4 Å². The van der Waals surface area contributed by atoms with Crippen molar-refractivity contribution in [1.82, 2.24) is 20.1 Å². The third kappa shape index (κ3) is 2.60. The number of nitrogens with two attached hydrogens (primary N) is 1. The molecule has 2 aromatic heterocycles. The molecule has 0 aliphatic rings. The molecule has 9 heteroatoms. The molecular weight excluding hydrogens is 254 g/mol. The highest BCUT2D eigenvalue weighted by Crippen LogP contribution is 2.04. The number of nitrogens with one attached hydrogen (secondary N) is 2. The molecule has 0 saturated carbocycles. The molecule has 2 rings (SSSR count). The standard InChI is InChI=1S/C10H11N5O4/c1-5-3-15(10(18)12-8(5)16)4-6-2-7(14-19-6)9(17)13-11/h2-3H,4,11H2,1H3,(H,13,17)(H,12,16,18). The summed E-state index contributed by atoms with van der Waals surface area (Å²) in [4.78, 5) is 36.1. The summed E-state index contributed by atoms with van der Waals surface area (Å²) in [6.07, 6.45) is 1.40. The van der Waals surface area contributed by atoms with E-state index in [2.05, 4.69) is 10.1 Å². The van der Waals surface area contributed by atoms with Crippen LogP contribution in [0.4, 0.5) is 0 Å². The van der Waals surface area contributed by atoms with E-state index in [1.165, 1.54) is 16.8 Å². The third-order valence-corrected chi connectivity index (χ3v) is 2.44. The molecule has 19 heavy (non-hydrogen) atoms. The Labute approximate surface area is 106 Å². The molecule has 2 heterocycles. The van der Waals surface area contributed by atoms with Crippen molar-refractivity contribution in [3.05, 3.63) is 50.1 Å². The van der Waals surface area contributed by atoms with Crippen molar-refractivity contribution in [2.45, 2.75) is 13.5 Å². The van der Waals surface area contributed by atoms with E-state index < -0.39 is 17.2 Å². The minimum Gasteiger partial charge on any atom is -0.359 e. The molecule has 0 spiro atoms. The van der Waals surface area contributed by atoms with Gasteiger partial charge in [-0.05, 0) is 6.92 Å². The van der Waals surface area contributed by atoms with Gasteiger partial charge in [-0.3, -0.25) is 24.6 Å². The van der Waals surface area contributed by atoms with Gasteiger partial charge in [0.1, 0.15) is 0 Å². The van der Waals surface area contributed by atoms with Gasteiger partial charge in [-0.15, -0.1) is 0 Å². The van der Waals surface area contributed by atoms with Crippen LogP contribution in [-0.2, 0) is 6.54 Å². The normalized spacial score (nSPS) is 10.4. The lowest BCUT2D eigenvalue weighted by atomic mass is 10.3. The highest BCUT2D eigenvalue weighted by molar-refractivity contribution is 5.91. The molecule has 100 valence electrons. The van der Waals surface area contributed by atoms with E-state index in [0.29, 0.717) is 5.56 Å². The van der Waals surface area contributed by atoms with Crippen LogP contribution in [0.25, 0.3) is 0 Å². The molecule has 0 bridgehead atoms. The first kappa shape index (κ1) is 12.8. The van der Waals surface area contributed by atoms with Gasteiger partial charge < -0.3 is 4.52 Å². The summed E-state index contributed by atoms with van der Waals surface area (Å²) in [5.74, 6) is 4.64. The Balaban J connectivity index is 2.29. The summed E-state index contributed by atoms with van der Waals surface area (Å²) >= 11 is 0. The second kappa shape index (κ2) is 4.90. The molecule has 0 aromatic carbocycles. The quantitative estimate of drug-likeness (QED) is 0.350. The molecule has 0 fully saturated rings. The van der Waals surface area contributed by atoms with Gasteiger partial charge in [0, 0.05) is 17.8 Å². The maximum Gasteiger partial charge on any atom is 0.328 e. The minimum absolute atomic E-state index is 0.00620. The van der Waals surface area contributed by atoms with Crippen molar-refractivity contribution in [2.24, 2.45) is 5.84 Å². The highest BCUT2D eigenvalue weighted by atomic mass is 16.5. The van der Waals surface area contributed by atoms with E-state index in [1.807, 2.05) is 5.43 Å². The molecular formula is C10H11N5O4. The number of nitrogens with zero attached hydrogens (tertiary/aromatic N) is 2. The molecule has 2 aromatic rings. The maximum absolute atomic E-state index is 11.5. The number of aromatic amines is 1. The number of aromatic nitrogens is 3. The van der Waals surface area contributed by atoms with Gasteiger partial charge in [0.25, 0.3) is 11.5 Å². The van der Waals surface area contributed by atoms with E-state index in [-0.39, 0.29) is 18.0 Å². The predicted octanol–water partition coefficient (Wildman–Crippen LogP) is -1.52. The largest absolute Gasteiger partial charge is 0.359 e. The monoisotopic (exact) mass is 265 g/mol. The fourth-order valence-electron chi connectivity index (χ4n) is 1.47. The van der Waals surface area contributed by atoms with E-state index in [0.717, 1.165) is 0 Å². The Bertz CT molecular complexity index is 726. The summed E-state index contributed by atoms with van der Waals surface area (Å²) in [7, 11) is 0. The van der Waals surface area contributed by atoms with Gasteiger partial charge in [0.05, 0.1) is 6.54 Å². The van der Waals surface area contributed by atoms with Gasteiger partial charge in [0.15, 0.2) is 11.5 Å². The SMILES string of the molecule is Cc1cn(Cc2cc(C(=O)NN)no2)c(=O)[nH]c1=O. The summed E-state index contributed by atoms with van der Waals surface area (Å²) in [5.41, 5.74) is 1.29. The van der Waals surface area contributed by atoms with Crippen LogP contribution in [0.2, 0.25) is 0 Å². The van der Waals surface area contributed by atoms with Gasteiger partial charge >= 0.3 is 5.69 Å². The molecule has 0 aliphatic heterocycles. The number of H-pyrrole nitrogens is 1. The first-order valence-electron chi connectivity index (χ1n) is 5.28. The second-order valence-electron chi connectivity index (χ2n) is 3.85. The number of aryl methyl sites for hydroxylation is 1. The molecule has 9 nitrogen and oxygen atoms in total. The van der Waals surface area contributed by atoms with Crippen LogP contribution < -0.4 is 22.5 Å². The fraction of sp³-hybridized carbons (Fsp3) is 0.200. The zero-order chi connectivity index (χ0) is 14.0. The molecule has 0 radical (unpaired) electrons. The first-order valence-corrected chi connectivity index (χ1v) is 5.28. The van der Waals surface area contributed by atoms with Crippen molar-refractivity contribution < 1.29 is 9.32 Å². The Morgan fingerprint density at radius 3 is 3.00 bits per heavy atom. The number of rotatable bonds is 3. The number of carbonyl (C=O) groups is 1. The number of hydrazine groups is 1. The average molecular weight is 265 g/mol. The summed E-state index contributed by atoms with van der Waals surface area (Å²) in [5, 5.41) is 3.50. The number of amides is 1. The van der Waals surface area contributed by atoms with Gasteiger partial charge in [-0.1, -0.05) is 5.16 Å². The zero-order valence-electron chi connectivity index (χ0n) is 9.97. The van der Waals surface area contributed by atoms with E-state index in [4.69, 9.17) is 10.4 Å². The van der Waals surface area contributed by atoms with Crippen LogP contribution in [-0.4, -0.2) is 20.6 Å². The average Bonchev–Trinajstić information content (AvgIpc) is 2.83. The van der Waals surface area contributed by atoms with Crippen molar-refractivity contribution in [1.29, 1.82) is 0 Å². The van der Waals surface area contributed by atoms with Gasteiger partial charge in [-0.25, -0.2) is 10.6 Å². The van der Waals surface area contributed by atoms with Crippen molar-refractivity contribution in [3.8, 4) is 0 Å². The number of hydrogen-bond acceptors (Lipinski definition) is 6. The van der Waals surface area contributed by atoms with Crippen LogP contribution in [0.5, 0.6) is 0 Å². The lowest BCUT2D eigenvalue weighted by molar-refractivity contribution is 0.0944. The Hall–Kier alpha value is -2.68. The molecule has 0 unspecified atom stereocenters. The van der Waals surface area contributed by atoms with Crippen LogP contribution in [0.3, 0.4) is 0 Å². The van der Waals surface area contributed by atoms with Crippen molar-refractivity contribution in [3.63, 3.8) is 0 Å². The topological polar surface area (TPSA) is 136 Å². The smallest absolute Gasteiger partial charge is 0.328 e. The molecule has 4 N–H and O–H groups in total. The summed E-state index contributed by atoms with van der Waals surface area (Å²) in [6, 6.07) is 1.36. The van der Waals surface area contributed by atoms with Crippen LogP contribution in [0, 0.1) is 6.92 Å². The Morgan fingerprint density at radius 1 is 1.58 bits per heavy atom. The maximum atomic E-state index is 11.5. The molecule has 0 aliphatic carbocycles. The molecule has 1 amide bonds. The number of nitrogen functional groups attached to an aromatic ring is 1. The van der Waals surface area contributed by atoms with Crippen molar-refractivity contribution in [2.75, 3.05) is 0 Å². The second-order valence-corrected chi connectivity index (χ2v) is 3.85. The summed E-state index contributed by atoms with van der Waals surface area (Å²) < 4.78 is 6.14. The van der Waals surface area contributed by atoms with Crippen molar-refractivity contribution >= 4 is 5.91 Å². The van der Waals surface area contributed by atoms with E-state index >= 15 is 0 Å². The predicted molar refractivity (Wildman–Crippen MR) is 63.3 cm³/mol. The Morgan fingerprint density at radius 2 is 2.32 bits per heavy atom. The zero-order valence-corrected chi connectivity index (χ0v) is 9.97. The number of carbonyl (C=O) groups excluding carboxylic acids is 1. The molecule has 0 saturated heterocycles. The highest BCUT2D eigenvalue weighted by Gasteiger charge is 2.12. The van der Waals surface area contributed by atoms with E-state index in [1.54, 1.807) is 6.92 Å². The lowest BCUT2D eigenvalue weighted by Crippen LogP contribution is -2.31. The van der Waals surface area contributed by atoms with Crippen LogP contribution in [0.1, 0.15) is 21.8 Å². The summed E-state index contributed by atoms with van der Waals surface area (Å²) in [6.45, 7) is 1.61. The third-order valence-electron chi connectivity index (χ3n) is 2.44. The molecule has 0 atom stereocenters. The number of hydrogen-bond donors (Lipinski definition) is 3.